The molecule has 0 fully saturated rings. The molecule has 0 saturated heterocycles. The van der Waals surface area contributed by atoms with Crippen LogP contribution in [0.4, 0.5) is 0 Å². The summed E-state index contributed by atoms with van der Waals surface area (Å²) in [7, 11) is 0. The van der Waals surface area contributed by atoms with Crippen LogP contribution in [0, 0.1) is 35.8 Å². The van der Waals surface area contributed by atoms with Crippen molar-refractivity contribution in [2.24, 2.45) is 0 Å². The fourth-order valence-electron chi connectivity index (χ4n) is 0.212. The third-order valence-electron chi connectivity index (χ3n) is 0.671. The fraction of sp³-hybridized carbons (Fsp3) is 0.500. The van der Waals surface area contributed by atoms with Crippen LogP contribution in [0.1, 0.15) is 12.8 Å². The van der Waals surface area contributed by atoms with Crippen LogP contribution in [-0.4, -0.2) is 13.1 Å². The van der Waals surface area contributed by atoms with Crippen LogP contribution in [0.25, 0.3) is 9.69 Å². The van der Waals surface area contributed by atoms with Gasteiger partial charge in [-0.25, -0.2) is 13.1 Å². The largest absolute Gasteiger partial charge is 0.316 e. The Morgan fingerprint density at radius 1 is 0.857 bits per heavy atom. The molecule has 0 aliphatic rings. The van der Waals surface area contributed by atoms with Crippen molar-refractivity contribution in [1.29, 1.82) is 10.5 Å². The molecule has 0 saturated carbocycles. The quantitative estimate of drug-likeness (QED) is 0.543. The lowest BCUT2D eigenvalue weighted by molar-refractivity contribution is 1.15. The average Bonchev–Trinajstić information content (AvgIpc) is 2.12. The summed E-state index contributed by atoms with van der Waals surface area (Å²) in [5.41, 5.74) is 0. The highest BCUT2D eigenvalue weighted by Gasteiger charge is 1.77. The molecule has 0 aliphatic heterocycles. The van der Waals surface area contributed by atoms with Crippen molar-refractivity contribution >= 4 is 24.8 Å². The average molecular weight is 233 g/mol. The van der Waals surface area contributed by atoms with Crippen LogP contribution in [0.5, 0.6) is 0 Å². The van der Waals surface area contributed by atoms with Gasteiger partial charge in [-0.2, -0.15) is 10.5 Å². The van der Waals surface area contributed by atoms with Gasteiger partial charge >= 0.3 is 0 Å². The minimum Gasteiger partial charge on any atom is -0.316 e. The Labute approximate surface area is 96.6 Å². The normalized spacial score (nSPS) is 4.86. The summed E-state index contributed by atoms with van der Waals surface area (Å²) in [4.78, 5) is 5.91. The number of hydrogen-bond acceptors (Lipinski definition) is 2. The molecule has 0 N–H and O–H groups in total. The second-order valence-electron chi connectivity index (χ2n) is 1.58. The van der Waals surface area contributed by atoms with Gasteiger partial charge < -0.3 is 9.69 Å². The van der Waals surface area contributed by atoms with Gasteiger partial charge in [-0.3, -0.25) is 0 Å². The van der Waals surface area contributed by atoms with Gasteiger partial charge in [0.2, 0.25) is 13.1 Å². The van der Waals surface area contributed by atoms with Gasteiger partial charge in [-0.05, 0) is 0 Å². The van der Waals surface area contributed by atoms with Gasteiger partial charge in [0.15, 0.2) is 0 Å². The topological polar surface area (TPSA) is 56.3 Å². The number of halogens is 2. The van der Waals surface area contributed by atoms with E-state index in [0.717, 1.165) is 0 Å². The van der Waals surface area contributed by atoms with Gasteiger partial charge in [0.25, 0.3) is 0 Å². The summed E-state index contributed by atoms with van der Waals surface area (Å²) in [6, 6.07) is 3.71. The van der Waals surface area contributed by atoms with Crippen molar-refractivity contribution in [3.8, 4) is 12.1 Å². The van der Waals surface area contributed by atoms with Crippen molar-refractivity contribution in [3.63, 3.8) is 0 Å². The van der Waals surface area contributed by atoms with Crippen molar-refractivity contribution in [3.05, 3.63) is 22.8 Å². The van der Waals surface area contributed by atoms with Crippen molar-refractivity contribution in [2.75, 3.05) is 13.1 Å². The van der Waals surface area contributed by atoms with E-state index in [1.807, 2.05) is 12.1 Å². The van der Waals surface area contributed by atoms with Crippen molar-refractivity contribution in [2.45, 2.75) is 12.8 Å². The van der Waals surface area contributed by atoms with Gasteiger partial charge in [0.05, 0.1) is 12.1 Å². The Balaban J connectivity index is -0.0000000625. The Hall–Kier alpha value is -1.46. The van der Waals surface area contributed by atoms with Crippen molar-refractivity contribution in [1.82, 2.24) is 0 Å². The maximum Gasteiger partial charge on any atom is 0.227 e. The second-order valence-corrected chi connectivity index (χ2v) is 1.58. The SMILES string of the molecule is Cl.Cl.[C-]#[N+]CCC#N.[C-]#[N+]CCC#N. The molecule has 0 aromatic heterocycles. The van der Waals surface area contributed by atoms with E-state index in [4.69, 9.17) is 23.7 Å². The Morgan fingerprint density at radius 2 is 1.14 bits per heavy atom. The highest BCUT2D eigenvalue weighted by atomic mass is 35.5. The maximum absolute atomic E-state index is 7.80. The van der Waals surface area contributed by atoms with Gasteiger partial charge in [-0.15, -0.1) is 24.8 Å². The predicted molar refractivity (Wildman–Crippen MR) is 57.9 cm³/mol. The molecule has 0 radical (unpaired) electrons. The van der Waals surface area contributed by atoms with Crippen LogP contribution >= 0.6 is 24.8 Å². The molecule has 0 rings (SSSR count). The molecule has 0 spiro atoms. The lowest BCUT2D eigenvalue weighted by Gasteiger charge is -1.64. The molecule has 4 nitrogen and oxygen atoms in total. The van der Waals surface area contributed by atoms with Crippen LogP contribution in [0.3, 0.4) is 0 Å². The van der Waals surface area contributed by atoms with E-state index >= 15 is 0 Å². The molecule has 0 aromatic rings. The molecule has 0 bridgehead atoms. The molecule has 0 amide bonds. The molecule has 0 atom stereocenters. The molecule has 0 unspecified atom stereocenters. The summed E-state index contributed by atoms with van der Waals surface area (Å²) < 4.78 is 0. The van der Waals surface area contributed by atoms with Crippen LogP contribution in [0.15, 0.2) is 0 Å². The number of rotatable bonds is 2. The Kier molecular flexibility index (Phi) is 49.0. The zero-order valence-corrected chi connectivity index (χ0v) is 9.07. The molecular formula is C8H10Cl2N4. The monoisotopic (exact) mass is 232 g/mol. The van der Waals surface area contributed by atoms with E-state index in [9.17, 15) is 0 Å². The maximum atomic E-state index is 7.80. The molecule has 0 aromatic carbocycles. The first kappa shape index (κ1) is 22.9. The lowest BCUT2D eigenvalue weighted by Crippen LogP contribution is -1.66. The van der Waals surface area contributed by atoms with Crippen LogP contribution < -0.4 is 0 Å². The zero-order chi connectivity index (χ0) is 9.66. The summed E-state index contributed by atoms with van der Waals surface area (Å²) in [5.74, 6) is 0. The number of nitrogens with zero attached hydrogens (tertiary/aromatic N) is 4. The van der Waals surface area contributed by atoms with E-state index in [0.29, 0.717) is 25.9 Å². The molecular weight excluding hydrogens is 223 g/mol. The highest BCUT2D eigenvalue weighted by molar-refractivity contribution is 5.85. The summed E-state index contributed by atoms with van der Waals surface area (Å²) in [5, 5.41) is 15.6. The van der Waals surface area contributed by atoms with Gasteiger partial charge in [-0.1, -0.05) is 0 Å². The minimum absolute atomic E-state index is 0. The first-order chi connectivity index (χ1) is 5.83. The summed E-state index contributed by atoms with van der Waals surface area (Å²) in [6.07, 6.45) is 0.729. The fourth-order valence-corrected chi connectivity index (χ4v) is 0.212. The van der Waals surface area contributed by atoms with E-state index < -0.39 is 0 Å². The van der Waals surface area contributed by atoms with E-state index in [1.54, 1.807) is 0 Å². The van der Waals surface area contributed by atoms with Crippen molar-refractivity contribution < 1.29 is 0 Å². The minimum atomic E-state index is 0. The molecule has 76 valence electrons. The predicted octanol–water partition coefficient (Wildman–Crippen LogP) is 2.48. The van der Waals surface area contributed by atoms with Crippen LogP contribution in [0.2, 0.25) is 0 Å². The zero-order valence-electron chi connectivity index (χ0n) is 7.43. The molecule has 0 heterocycles. The molecule has 6 heteroatoms. The first-order valence-electron chi connectivity index (χ1n) is 3.23. The highest BCUT2D eigenvalue weighted by Crippen LogP contribution is 1.72. The number of nitriles is 2. The smallest absolute Gasteiger partial charge is 0.227 e. The van der Waals surface area contributed by atoms with Gasteiger partial charge in [0, 0.05) is 0 Å². The van der Waals surface area contributed by atoms with Crippen LogP contribution in [-0.2, 0) is 0 Å². The Bertz CT molecular complexity index is 194. The molecule has 0 aliphatic carbocycles. The first-order valence-corrected chi connectivity index (χ1v) is 3.23. The van der Waals surface area contributed by atoms with Gasteiger partial charge in [0.1, 0.15) is 12.8 Å². The van der Waals surface area contributed by atoms with E-state index in [-0.39, 0.29) is 24.8 Å². The standard InChI is InChI=1S/2C4H4N2.2ClH/c2*1-6-4-2-3-5;;/h2*2,4H2;2*1H. The summed E-state index contributed by atoms with van der Waals surface area (Å²) >= 11 is 0. The third kappa shape index (κ3) is 46.5. The third-order valence-corrected chi connectivity index (χ3v) is 0.671. The molecule has 14 heavy (non-hydrogen) atoms. The second kappa shape index (κ2) is 30.0. The number of hydrogen-bond donors (Lipinski definition) is 0. The Morgan fingerprint density at radius 3 is 1.21 bits per heavy atom. The summed E-state index contributed by atoms with van der Waals surface area (Å²) in [6.45, 7) is 13.0. The lowest BCUT2D eigenvalue weighted by atomic mass is 10.5. The van der Waals surface area contributed by atoms with E-state index in [1.165, 1.54) is 0 Å². The van der Waals surface area contributed by atoms with E-state index in [2.05, 4.69) is 9.69 Å².